The number of hydrogen-bond donors (Lipinski definition) is 2. The molecule has 0 unspecified atom stereocenters. The van der Waals surface area contributed by atoms with E-state index in [-0.39, 0.29) is 13.2 Å². The molecule has 106 valence electrons. The van der Waals surface area contributed by atoms with Crippen LogP contribution >= 0.6 is 11.8 Å². The number of hydrogen-bond acceptors (Lipinski definition) is 5. The number of nitrogens with one attached hydrogen (secondary N) is 1. The summed E-state index contributed by atoms with van der Waals surface area (Å²) in [6.45, 7) is 0.377. The number of benzene rings is 1. The van der Waals surface area contributed by atoms with Gasteiger partial charge in [0.1, 0.15) is 0 Å². The topological polar surface area (TPSA) is 75.4 Å². The van der Waals surface area contributed by atoms with Crippen molar-refractivity contribution in [1.82, 2.24) is 0 Å². The number of nitrogens with zero attached hydrogens (tertiary/aromatic N) is 1. The minimum absolute atomic E-state index is 0.102. The first-order valence-electron chi connectivity index (χ1n) is 5.62. The molecule has 0 atom stereocenters. The van der Waals surface area contributed by atoms with Crippen molar-refractivity contribution in [2.24, 2.45) is 0 Å². The van der Waals surface area contributed by atoms with Crippen LogP contribution < -0.4 is 5.32 Å². The van der Waals surface area contributed by atoms with E-state index in [1.165, 1.54) is 11.8 Å². The molecule has 0 bridgehead atoms. The molecule has 0 saturated heterocycles. The van der Waals surface area contributed by atoms with Gasteiger partial charge >= 0.3 is 0 Å². The standard InChI is InChI=1S/C11H14F2N2O3S/c12-8-2-3-9(15(17)18)11(10(8)13)14-4-7-19-6-1-5-16/h2-3,14,16H,1,4-7H2. The highest BCUT2D eigenvalue weighted by molar-refractivity contribution is 7.99. The Balaban J connectivity index is 2.61. The third-order valence-electron chi connectivity index (χ3n) is 2.26. The second-order valence-electron chi connectivity index (χ2n) is 3.63. The molecule has 0 aliphatic heterocycles. The Morgan fingerprint density at radius 2 is 2.11 bits per heavy atom. The molecule has 5 nitrogen and oxygen atoms in total. The van der Waals surface area contributed by atoms with Crippen molar-refractivity contribution < 1.29 is 18.8 Å². The fourth-order valence-corrected chi connectivity index (χ4v) is 2.16. The van der Waals surface area contributed by atoms with Crippen LogP contribution in [0.25, 0.3) is 0 Å². The molecule has 1 rings (SSSR count). The summed E-state index contributed by atoms with van der Waals surface area (Å²) in [6.07, 6.45) is 0.652. The van der Waals surface area contributed by atoms with Gasteiger partial charge in [0.25, 0.3) is 5.69 Å². The monoisotopic (exact) mass is 292 g/mol. The van der Waals surface area contributed by atoms with Crippen LogP contribution in [-0.2, 0) is 0 Å². The van der Waals surface area contributed by atoms with Crippen molar-refractivity contribution in [2.75, 3.05) is 30.0 Å². The lowest BCUT2D eigenvalue weighted by atomic mass is 10.2. The molecule has 0 spiro atoms. The van der Waals surface area contributed by atoms with Crippen LogP contribution in [0.4, 0.5) is 20.2 Å². The first kappa shape index (κ1) is 15.6. The molecular formula is C11H14F2N2O3S. The molecule has 0 aliphatic carbocycles. The Morgan fingerprint density at radius 1 is 1.37 bits per heavy atom. The predicted molar refractivity (Wildman–Crippen MR) is 70.5 cm³/mol. The molecule has 0 fully saturated rings. The van der Waals surface area contributed by atoms with E-state index in [1.807, 2.05) is 0 Å². The Kier molecular flexibility index (Phi) is 6.51. The predicted octanol–water partition coefficient (Wildman–Crippen LogP) is 2.40. The molecule has 19 heavy (non-hydrogen) atoms. The summed E-state index contributed by atoms with van der Waals surface area (Å²) in [6, 6.07) is 1.66. The van der Waals surface area contributed by atoms with E-state index in [0.717, 1.165) is 17.9 Å². The summed E-state index contributed by atoms with van der Waals surface area (Å²) in [5.74, 6) is -1.05. The summed E-state index contributed by atoms with van der Waals surface area (Å²) in [4.78, 5) is 9.94. The van der Waals surface area contributed by atoms with Gasteiger partial charge in [0.15, 0.2) is 17.3 Å². The number of aliphatic hydroxyl groups is 1. The molecule has 0 aromatic heterocycles. The molecule has 0 radical (unpaired) electrons. The smallest absolute Gasteiger partial charge is 0.295 e. The van der Waals surface area contributed by atoms with E-state index < -0.39 is 27.9 Å². The zero-order valence-electron chi connectivity index (χ0n) is 10.1. The van der Waals surface area contributed by atoms with E-state index in [4.69, 9.17) is 5.11 Å². The lowest BCUT2D eigenvalue weighted by molar-refractivity contribution is -0.384. The zero-order chi connectivity index (χ0) is 14.3. The Bertz CT molecular complexity index is 446. The van der Waals surface area contributed by atoms with Crippen LogP contribution in [0.2, 0.25) is 0 Å². The highest BCUT2D eigenvalue weighted by atomic mass is 32.2. The minimum atomic E-state index is -1.24. The number of halogens is 2. The summed E-state index contributed by atoms with van der Waals surface area (Å²) in [5.41, 5.74) is -0.910. The molecule has 0 aliphatic rings. The lowest BCUT2D eigenvalue weighted by Crippen LogP contribution is -2.09. The van der Waals surface area contributed by atoms with Crippen molar-refractivity contribution in [3.8, 4) is 0 Å². The molecule has 1 aromatic carbocycles. The summed E-state index contributed by atoms with van der Waals surface area (Å²) < 4.78 is 26.5. The molecular weight excluding hydrogens is 278 g/mol. The molecule has 2 N–H and O–H groups in total. The van der Waals surface area contributed by atoms with Crippen LogP contribution in [0.1, 0.15) is 6.42 Å². The third-order valence-corrected chi connectivity index (χ3v) is 3.33. The fraction of sp³-hybridized carbons (Fsp3) is 0.455. The highest BCUT2D eigenvalue weighted by Gasteiger charge is 2.20. The van der Waals surface area contributed by atoms with Gasteiger partial charge in [-0.3, -0.25) is 10.1 Å². The summed E-state index contributed by atoms with van der Waals surface area (Å²) in [7, 11) is 0. The van der Waals surface area contributed by atoms with E-state index >= 15 is 0 Å². The van der Waals surface area contributed by atoms with Crippen molar-refractivity contribution in [2.45, 2.75) is 6.42 Å². The van der Waals surface area contributed by atoms with Gasteiger partial charge in [0.05, 0.1) is 4.92 Å². The second-order valence-corrected chi connectivity index (χ2v) is 4.85. The molecule has 8 heteroatoms. The zero-order valence-corrected chi connectivity index (χ0v) is 10.9. The van der Waals surface area contributed by atoms with E-state index in [0.29, 0.717) is 12.2 Å². The maximum Gasteiger partial charge on any atom is 0.295 e. The maximum absolute atomic E-state index is 13.5. The number of aliphatic hydroxyl groups excluding tert-OH is 1. The Hall–Kier alpha value is -1.41. The van der Waals surface area contributed by atoms with Crippen LogP contribution in [0.5, 0.6) is 0 Å². The van der Waals surface area contributed by atoms with Gasteiger partial charge in [0, 0.05) is 25.0 Å². The number of nitro groups is 1. The van der Waals surface area contributed by atoms with Crippen LogP contribution in [0.15, 0.2) is 12.1 Å². The average Bonchev–Trinajstić information content (AvgIpc) is 2.38. The number of rotatable bonds is 8. The summed E-state index contributed by atoms with van der Waals surface area (Å²) in [5, 5.41) is 21.8. The van der Waals surface area contributed by atoms with Crippen molar-refractivity contribution in [1.29, 1.82) is 0 Å². The normalized spacial score (nSPS) is 10.5. The number of nitro benzene ring substituents is 1. The first-order valence-corrected chi connectivity index (χ1v) is 6.78. The van der Waals surface area contributed by atoms with Gasteiger partial charge in [-0.25, -0.2) is 8.78 Å². The summed E-state index contributed by atoms with van der Waals surface area (Å²) >= 11 is 1.51. The number of thioether (sulfide) groups is 1. The van der Waals surface area contributed by atoms with Crippen LogP contribution in [0.3, 0.4) is 0 Å². The van der Waals surface area contributed by atoms with Crippen molar-refractivity contribution >= 4 is 23.1 Å². The fourth-order valence-electron chi connectivity index (χ4n) is 1.38. The van der Waals surface area contributed by atoms with Gasteiger partial charge in [-0.1, -0.05) is 0 Å². The third kappa shape index (κ3) is 4.64. The van der Waals surface area contributed by atoms with E-state index in [9.17, 15) is 18.9 Å². The average molecular weight is 292 g/mol. The maximum atomic E-state index is 13.5. The van der Waals surface area contributed by atoms with Crippen molar-refractivity contribution in [3.63, 3.8) is 0 Å². The highest BCUT2D eigenvalue weighted by Crippen LogP contribution is 2.28. The van der Waals surface area contributed by atoms with E-state index in [2.05, 4.69) is 5.32 Å². The van der Waals surface area contributed by atoms with Gasteiger partial charge in [-0.15, -0.1) is 0 Å². The SMILES string of the molecule is O=[N+]([O-])c1ccc(F)c(F)c1NCCSCCCO. The Morgan fingerprint density at radius 3 is 2.74 bits per heavy atom. The van der Waals surface area contributed by atoms with Crippen LogP contribution in [0, 0.1) is 21.7 Å². The molecule has 0 amide bonds. The number of anilines is 1. The lowest BCUT2D eigenvalue weighted by Gasteiger charge is -2.08. The van der Waals surface area contributed by atoms with Gasteiger partial charge in [-0.2, -0.15) is 11.8 Å². The van der Waals surface area contributed by atoms with Gasteiger partial charge in [-0.05, 0) is 18.2 Å². The Labute approximate surface area is 113 Å². The van der Waals surface area contributed by atoms with Crippen molar-refractivity contribution in [3.05, 3.63) is 33.9 Å². The second kappa shape index (κ2) is 7.90. The molecule has 0 heterocycles. The van der Waals surface area contributed by atoms with E-state index in [1.54, 1.807) is 0 Å². The first-order chi connectivity index (χ1) is 9.07. The minimum Gasteiger partial charge on any atom is -0.396 e. The van der Waals surface area contributed by atoms with Gasteiger partial charge in [0.2, 0.25) is 0 Å². The molecule has 0 saturated carbocycles. The van der Waals surface area contributed by atoms with Gasteiger partial charge < -0.3 is 10.4 Å². The largest absolute Gasteiger partial charge is 0.396 e. The molecule has 1 aromatic rings. The van der Waals surface area contributed by atoms with Crippen LogP contribution in [-0.4, -0.2) is 34.7 Å². The quantitative estimate of drug-likeness (QED) is 0.437.